The highest BCUT2D eigenvalue weighted by Crippen LogP contribution is 2.33. The molecule has 1 aromatic heterocycles. The molecule has 0 bridgehead atoms. The monoisotopic (exact) mass is 340 g/mol. The summed E-state index contributed by atoms with van der Waals surface area (Å²) < 4.78 is 0. The van der Waals surface area contributed by atoms with Crippen molar-refractivity contribution in [1.82, 2.24) is 9.88 Å². The maximum atomic E-state index is 12.9. The van der Waals surface area contributed by atoms with Gasteiger partial charge >= 0.3 is 0 Å². The van der Waals surface area contributed by atoms with Crippen LogP contribution in [0.15, 0.2) is 42.6 Å². The van der Waals surface area contributed by atoms with Crippen LogP contribution < -0.4 is 5.73 Å². The Hall–Kier alpha value is -2.80. The lowest BCUT2D eigenvalue weighted by molar-refractivity contribution is -0.385. The molecule has 2 aromatic rings. The third-order valence-electron chi connectivity index (χ3n) is 4.77. The molecule has 1 aromatic carbocycles. The van der Waals surface area contributed by atoms with Crippen molar-refractivity contribution in [2.45, 2.75) is 12.8 Å². The van der Waals surface area contributed by atoms with Gasteiger partial charge in [0.1, 0.15) is 6.20 Å². The van der Waals surface area contributed by atoms with Gasteiger partial charge < -0.3 is 10.6 Å². The lowest BCUT2D eigenvalue weighted by atomic mass is 9.89. The highest BCUT2D eigenvalue weighted by atomic mass is 16.6. The second kappa shape index (κ2) is 6.98. The zero-order chi connectivity index (χ0) is 18.0. The largest absolute Gasteiger partial charge is 0.338 e. The minimum atomic E-state index is -0.539. The Labute approximate surface area is 145 Å². The number of amides is 1. The summed E-state index contributed by atoms with van der Waals surface area (Å²) in [6, 6.07) is 11.3. The molecule has 0 aliphatic carbocycles. The maximum Gasteiger partial charge on any atom is 0.288 e. The van der Waals surface area contributed by atoms with E-state index >= 15 is 0 Å². The van der Waals surface area contributed by atoms with Crippen molar-refractivity contribution in [3.05, 3.63) is 69.5 Å². The fraction of sp³-hybridized carbons (Fsp3) is 0.333. The molecule has 1 amide bonds. The van der Waals surface area contributed by atoms with Gasteiger partial charge in [-0.3, -0.25) is 19.9 Å². The quantitative estimate of drug-likeness (QED) is 0.678. The van der Waals surface area contributed by atoms with Crippen LogP contribution in [0.5, 0.6) is 0 Å². The summed E-state index contributed by atoms with van der Waals surface area (Å²) >= 11 is 0. The van der Waals surface area contributed by atoms with Crippen LogP contribution in [0.1, 0.15) is 27.5 Å². The number of carbonyl (C=O) groups excluding carboxylic acids is 1. The van der Waals surface area contributed by atoms with Crippen LogP contribution in [0.3, 0.4) is 0 Å². The van der Waals surface area contributed by atoms with Gasteiger partial charge in [-0.1, -0.05) is 30.3 Å². The van der Waals surface area contributed by atoms with Crippen molar-refractivity contribution in [1.29, 1.82) is 0 Å². The molecule has 7 heteroatoms. The molecule has 3 rings (SSSR count). The summed E-state index contributed by atoms with van der Waals surface area (Å²) in [7, 11) is 0. The molecule has 2 atom stereocenters. The normalized spacial score (nSPS) is 19.8. The predicted octanol–water partition coefficient (Wildman–Crippen LogP) is 2.11. The van der Waals surface area contributed by atoms with E-state index in [1.807, 2.05) is 30.3 Å². The molecule has 1 aliphatic heterocycles. The molecule has 7 nitrogen and oxygen atoms in total. The topological polar surface area (TPSA) is 102 Å². The number of carbonyl (C=O) groups is 1. The lowest BCUT2D eigenvalue weighted by Gasteiger charge is -2.17. The second-order valence-electron chi connectivity index (χ2n) is 6.31. The highest BCUT2D eigenvalue weighted by Gasteiger charge is 2.36. The molecule has 130 valence electrons. The zero-order valence-corrected chi connectivity index (χ0v) is 14.0. The number of nitrogens with two attached hydrogens (primary N) is 1. The van der Waals surface area contributed by atoms with Gasteiger partial charge in [-0.15, -0.1) is 0 Å². The van der Waals surface area contributed by atoms with Crippen molar-refractivity contribution in [2.75, 3.05) is 19.6 Å². The average Bonchev–Trinajstić information content (AvgIpc) is 3.06. The number of likely N-dealkylation sites (tertiary alicyclic amines) is 1. The van der Waals surface area contributed by atoms with Crippen molar-refractivity contribution in [3.8, 4) is 0 Å². The molecule has 0 unspecified atom stereocenters. The van der Waals surface area contributed by atoms with E-state index in [2.05, 4.69) is 4.98 Å². The number of pyridine rings is 1. The summed E-state index contributed by atoms with van der Waals surface area (Å²) in [6.07, 6.45) is 1.17. The van der Waals surface area contributed by atoms with Crippen LogP contribution in [0.25, 0.3) is 0 Å². The number of hydrogen-bond donors (Lipinski definition) is 1. The first-order chi connectivity index (χ1) is 12.0. The summed E-state index contributed by atoms with van der Waals surface area (Å²) in [6.45, 7) is 3.25. The van der Waals surface area contributed by atoms with Crippen LogP contribution in [0.2, 0.25) is 0 Å². The number of nitro groups is 1. The third-order valence-corrected chi connectivity index (χ3v) is 4.77. The van der Waals surface area contributed by atoms with Crippen LogP contribution >= 0.6 is 0 Å². The van der Waals surface area contributed by atoms with Crippen molar-refractivity contribution < 1.29 is 9.72 Å². The number of aryl methyl sites for hydroxylation is 1. The molecular weight excluding hydrogens is 320 g/mol. The van der Waals surface area contributed by atoms with Crippen molar-refractivity contribution >= 4 is 11.6 Å². The fourth-order valence-electron chi connectivity index (χ4n) is 3.36. The van der Waals surface area contributed by atoms with Gasteiger partial charge in [-0.25, -0.2) is 0 Å². The Morgan fingerprint density at radius 1 is 1.36 bits per heavy atom. The molecule has 1 fully saturated rings. The lowest BCUT2D eigenvalue weighted by Crippen LogP contribution is -2.30. The van der Waals surface area contributed by atoms with Crippen molar-refractivity contribution in [3.63, 3.8) is 0 Å². The number of benzene rings is 1. The Morgan fingerprint density at radius 3 is 2.72 bits per heavy atom. The highest BCUT2D eigenvalue weighted by molar-refractivity contribution is 5.96. The minimum absolute atomic E-state index is 0.165. The molecule has 0 spiro atoms. The molecule has 2 heterocycles. The number of aromatic nitrogens is 1. The molecule has 1 aliphatic rings. The Kier molecular flexibility index (Phi) is 4.76. The Bertz CT molecular complexity index is 794. The predicted molar refractivity (Wildman–Crippen MR) is 93.3 cm³/mol. The van der Waals surface area contributed by atoms with Crippen molar-refractivity contribution in [2.24, 2.45) is 11.7 Å². The molecule has 0 radical (unpaired) electrons. The van der Waals surface area contributed by atoms with E-state index < -0.39 is 4.92 Å². The third kappa shape index (κ3) is 3.36. The molecule has 25 heavy (non-hydrogen) atoms. The smallest absolute Gasteiger partial charge is 0.288 e. The Balaban J connectivity index is 1.86. The summed E-state index contributed by atoms with van der Waals surface area (Å²) in [5.74, 6) is 0.103. The van der Waals surface area contributed by atoms with Gasteiger partial charge in [0.25, 0.3) is 11.6 Å². The van der Waals surface area contributed by atoms with Gasteiger partial charge in [0.05, 0.1) is 16.2 Å². The van der Waals surface area contributed by atoms with E-state index in [0.717, 1.165) is 5.56 Å². The van der Waals surface area contributed by atoms with Gasteiger partial charge in [-0.2, -0.15) is 0 Å². The summed E-state index contributed by atoms with van der Waals surface area (Å²) in [5.41, 5.74) is 7.66. The molecule has 2 N–H and O–H groups in total. The van der Waals surface area contributed by atoms with E-state index in [4.69, 9.17) is 5.73 Å². The minimum Gasteiger partial charge on any atom is -0.338 e. The summed E-state index contributed by atoms with van der Waals surface area (Å²) in [4.78, 5) is 29.1. The number of rotatable bonds is 4. The van der Waals surface area contributed by atoms with Gasteiger partial charge in [0, 0.05) is 25.1 Å². The van der Waals surface area contributed by atoms with Crippen LogP contribution in [-0.4, -0.2) is 40.3 Å². The maximum absolute atomic E-state index is 12.9. The molecule has 0 saturated carbocycles. The van der Waals surface area contributed by atoms with E-state index in [1.165, 1.54) is 12.3 Å². The van der Waals surface area contributed by atoms with E-state index in [9.17, 15) is 14.9 Å². The van der Waals surface area contributed by atoms with E-state index in [1.54, 1.807) is 11.8 Å². The number of nitrogens with zero attached hydrogens (tertiary/aromatic N) is 3. The fourth-order valence-corrected chi connectivity index (χ4v) is 3.36. The number of hydrogen-bond acceptors (Lipinski definition) is 5. The molecule has 1 saturated heterocycles. The molecular formula is C18H20N4O3. The Morgan fingerprint density at radius 2 is 2.08 bits per heavy atom. The average molecular weight is 340 g/mol. The van der Waals surface area contributed by atoms with E-state index in [-0.39, 0.29) is 29.0 Å². The summed E-state index contributed by atoms with van der Waals surface area (Å²) in [5, 5.41) is 11.0. The van der Waals surface area contributed by atoms with Gasteiger partial charge in [0.15, 0.2) is 0 Å². The standard InChI is InChI=1S/C18H20N4O3/c1-12-16(7-15(9-20-12)22(24)25)18(23)21-10-14(8-19)17(11-21)13-5-3-2-4-6-13/h2-7,9,14,17H,8,10-11,19H2,1H3/t14-,17+/m1/s1. The van der Waals surface area contributed by atoms with E-state index in [0.29, 0.717) is 25.3 Å². The van der Waals surface area contributed by atoms with Crippen LogP contribution in [0.4, 0.5) is 5.69 Å². The van der Waals surface area contributed by atoms with Gasteiger partial charge in [0.2, 0.25) is 0 Å². The first-order valence-electron chi connectivity index (χ1n) is 8.16. The van der Waals surface area contributed by atoms with Crippen LogP contribution in [-0.2, 0) is 0 Å². The second-order valence-corrected chi connectivity index (χ2v) is 6.31. The van der Waals surface area contributed by atoms with Gasteiger partial charge in [-0.05, 0) is 24.9 Å². The first kappa shape index (κ1) is 17.0. The first-order valence-corrected chi connectivity index (χ1v) is 8.16. The SMILES string of the molecule is Cc1ncc([N+](=O)[O-])cc1C(=O)N1C[C@@H](CN)[C@H](c2ccccc2)C1. The van der Waals surface area contributed by atoms with Crippen LogP contribution in [0, 0.1) is 23.0 Å². The zero-order valence-electron chi connectivity index (χ0n) is 14.0.